The first-order valence-electron chi connectivity index (χ1n) is 7.93. The second kappa shape index (κ2) is 7.34. The highest BCUT2D eigenvalue weighted by Crippen LogP contribution is 2.27. The van der Waals surface area contributed by atoms with Crippen LogP contribution in [0.2, 0.25) is 0 Å². The molecule has 0 radical (unpaired) electrons. The van der Waals surface area contributed by atoms with Gasteiger partial charge in [0.1, 0.15) is 18.2 Å². The van der Waals surface area contributed by atoms with Crippen LogP contribution in [0.3, 0.4) is 0 Å². The highest BCUT2D eigenvalue weighted by molar-refractivity contribution is 5.99. The Morgan fingerprint density at radius 1 is 1.20 bits per heavy atom. The molecule has 0 N–H and O–H groups in total. The van der Waals surface area contributed by atoms with E-state index in [1.807, 2.05) is 0 Å². The van der Waals surface area contributed by atoms with Crippen LogP contribution in [0.15, 0.2) is 48.5 Å². The molecule has 3 rings (SSSR count). The Morgan fingerprint density at radius 2 is 1.92 bits per heavy atom. The number of amides is 1. The topological polar surface area (TPSA) is 55.8 Å². The van der Waals surface area contributed by atoms with E-state index in [1.54, 1.807) is 47.4 Å². The van der Waals surface area contributed by atoms with Crippen LogP contribution in [0.4, 0.5) is 10.1 Å². The molecule has 1 aliphatic rings. The first-order chi connectivity index (χ1) is 12.1. The van der Waals surface area contributed by atoms with E-state index in [2.05, 4.69) is 0 Å². The Hall–Kier alpha value is -2.89. The molecule has 1 atom stereocenters. The van der Waals surface area contributed by atoms with Crippen LogP contribution in [0.25, 0.3) is 0 Å². The van der Waals surface area contributed by atoms with Gasteiger partial charge in [-0.05, 0) is 30.3 Å². The zero-order chi connectivity index (χ0) is 17.8. The quantitative estimate of drug-likeness (QED) is 0.784. The summed E-state index contributed by atoms with van der Waals surface area (Å²) in [6.07, 6.45) is 0.151. The van der Waals surface area contributed by atoms with Gasteiger partial charge in [0, 0.05) is 24.2 Å². The standard InChI is InChI=1S/C19H18FNO4/c1-24-19(23)14-10-18(22)21(11-14)15-6-8-16(9-7-15)25-12-13-4-2-3-5-17(13)20/h2-9,14H,10-12H2,1H3/t14-/m1/s1. The highest BCUT2D eigenvalue weighted by atomic mass is 19.1. The van der Waals surface area contributed by atoms with Crippen molar-refractivity contribution in [1.82, 2.24) is 0 Å². The zero-order valence-electron chi connectivity index (χ0n) is 13.8. The van der Waals surface area contributed by atoms with Gasteiger partial charge in [0.2, 0.25) is 5.91 Å². The molecular weight excluding hydrogens is 325 g/mol. The molecule has 1 aliphatic heterocycles. The van der Waals surface area contributed by atoms with Gasteiger partial charge >= 0.3 is 5.97 Å². The predicted molar refractivity (Wildman–Crippen MR) is 89.7 cm³/mol. The minimum Gasteiger partial charge on any atom is -0.489 e. The second-order valence-electron chi connectivity index (χ2n) is 5.80. The normalized spacial score (nSPS) is 16.8. The number of nitrogens with zero attached hydrogens (tertiary/aromatic N) is 1. The van der Waals surface area contributed by atoms with Crippen molar-refractivity contribution in [2.45, 2.75) is 13.0 Å². The summed E-state index contributed by atoms with van der Waals surface area (Å²) in [5, 5.41) is 0. The highest BCUT2D eigenvalue weighted by Gasteiger charge is 2.35. The van der Waals surface area contributed by atoms with E-state index in [9.17, 15) is 14.0 Å². The van der Waals surface area contributed by atoms with Crippen molar-refractivity contribution < 1.29 is 23.5 Å². The number of rotatable bonds is 5. The molecule has 2 aromatic rings. The van der Waals surface area contributed by atoms with Gasteiger partial charge in [-0.25, -0.2) is 4.39 Å². The molecule has 0 spiro atoms. The van der Waals surface area contributed by atoms with Crippen LogP contribution >= 0.6 is 0 Å². The van der Waals surface area contributed by atoms with E-state index >= 15 is 0 Å². The van der Waals surface area contributed by atoms with E-state index < -0.39 is 5.92 Å². The summed E-state index contributed by atoms with van der Waals surface area (Å²) in [4.78, 5) is 25.2. The van der Waals surface area contributed by atoms with Crippen LogP contribution in [0.1, 0.15) is 12.0 Å². The average Bonchev–Trinajstić information content (AvgIpc) is 3.02. The summed E-state index contributed by atoms with van der Waals surface area (Å²) in [5.41, 5.74) is 1.16. The van der Waals surface area contributed by atoms with Crippen molar-refractivity contribution in [2.24, 2.45) is 5.92 Å². The predicted octanol–water partition coefficient (Wildman–Crippen LogP) is 2.93. The van der Waals surface area contributed by atoms with Gasteiger partial charge < -0.3 is 14.4 Å². The van der Waals surface area contributed by atoms with Crippen molar-refractivity contribution in [3.63, 3.8) is 0 Å². The minimum atomic E-state index is -0.436. The van der Waals surface area contributed by atoms with Gasteiger partial charge in [0.25, 0.3) is 0 Å². The maximum absolute atomic E-state index is 13.6. The van der Waals surface area contributed by atoms with Crippen LogP contribution in [-0.2, 0) is 20.9 Å². The molecule has 1 heterocycles. The number of esters is 1. The molecule has 0 saturated carbocycles. The Labute approximate surface area is 145 Å². The molecule has 6 heteroatoms. The lowest BCUT2D eigenvalue weighted by molar-refractivity contribution is -0.145. The number of anilines is 1. The number of benzene rings is 2. The van der Waals surface area contributed by atoms with Gasteiger partial charge in [0.05, 0.1) is 13.0 Å². The first-order valence-corrected chi connectivity index (χ1v) is 7.93. The number of methoxy groups -OCH3 is 1. The third-order valence-electron chi connectivity index (χ3n) is 4.16. The summed E-state index contributed by atoms with van der Waals surface area (Å²) in [7, 11) is 1.32. The average molecular weight is 343 g/mol. The molecule has 0 unspecified atom stereocenters. The lowest BCUT2D eigenvalue weighted by Crippen LogP contribution is -2.26. The summed E-state index contributed by atoms with van der Waals surface area (Å²) < 4.78 is 23.9. The van der Waals surface area contributed by atoms with Crippen LogP contribution < -0.4 is 9.64 Å². The molecule has 1 saturated heterocycles. The zero-order valence-corrected chi connectivity index (χ0v) is 13.8. The molecule has 5 nitrogen and oxygen atoms in total. The molecule has 0 bridgehead atoms. The van der Waals surface area contributed by atoms with Gasteiger partial charge in [0.15, 0.2) is 0 Å². The molecule has 2 aromatic carbocycles. The third-order valence-corrected chi connectivity index (χ3v) is 4.16. The minimum absolute atomic E-state index is 0.115. The third kappa shape index (κ3) is 3.79. The van der Waals surface area contributed by atoms with Crippen LogP contribution in [-0.4, -0.2) is 25.5 Å². The fraction of sp³-hybridized carbons (Fsp3) is 0.263. The number of carbonyl (C=O) groups excluding carboxylic acids is 2. The van der Waals surface area contributed by atoms with E-state index in [1.165, 1.54) is 13.2 Å². The van der Waals surface area contributed by atoms with Crippen molar-refractivity contribution in [2.75, 3.05) is 18.6 Å². The molecule has 0 aliphatic carbocycles. The molecule has 25 heavy (non-hydrogen) atoms. The first kappa shape index (κ1) is 17.0. The SMILES string of the molecule is COC(=O)[C@@H]1CC(=O)N(c2ccc(OCc3ccccc3F)cc2)C1. The van der Waals surface area contributed by atoms with Crippen molar-refractivity contribution in [3.05, 3.63) is 59.9 Å². The number of hydrogen-bond donors (Lipinski definition) is 0. The summed E-state index contributed by atoms with van der Waals surface area (Å²) in [6.45, 7) is 0.431. The Bertz CT molecular complexity index is 775. The van der Waals surface area contributed by atoms with Gasteiger partial charge in [-0.1, -0.05) is 18.2 Å². The van der Waals surface area contributed by atoms with E-state index in [-0.39, 0.29) is 30.7 Å². The Kier molecular flexibility index (Phi) is 4.97. The van der Waals surface area contributed by atoms with Gasteiger partial charge in [-0.2, -0.15) is 0 Å². The number of halogens is 1. The lowest BCUT2D eigenvalue weighted by atomic mass is 10.1. The molecule has 1 amide bonds. The summed E-state index contributed by atoms with van der Waals surface area (Å²) >= 11 is 0. The fourth-order valence-electron chi connectivity index (χ4n) is 2.78. The Balaban J connectivity index is 1.63. The maximum Gasteiger partial charge on any atom is 0.311 e. The second-order valence-corrected chi connectivity index (χ2v) is 5.80. The monoisotopic (exact) mass is 343 g/mol. The number of ether oxygens (including phenoxy) is 2. The lowest BCUT2D eigenvalue weighted by Gasteiger charge is -2.17. The summed E-state index contributed by atoms with van der Waals surface area (Å²) in [6, 6.07) is 13.4. The van der Waals surface area contributed by atoms with Crippen LogP contribution in [0, 0.1) is 11.7 Å². The molecular formula is C19H18FNO4. The molecule has 1 fully saturated rings. The van der Waals surface area contributed by atoms with Gasteiger partial charge in [-0.15, -0.1) is 0 Å². The molecule has 0 aromatic heterocycles. The van der Waals surface area contributed by atoms with E-state index in [4.69, 9.17) is 9.47 Å². The Morgan fingerprint density at radius 3 is 2.60 bits per heavy atom. The number of hydrogen-bond acceptors (Lipinski definition) is 4. The molecule has 130 valence electrons. The fourth-order valence-corrected chi connectivity index (χ4v) is 2.78. The maximum atomic E-state index is 13.6. The summed E-state index contributed by atoms with van der Waals surface area (Å²) in [5.74, 6) is -0.663. The number of carbonyl (C=O) groups is 2. The smallest absolute Gasteiger partial charge is 0.311 e. The van der Waals surface area contributed by atoms with E-state index in [0.717, 1.165) is 0 Å². The largest absolute Gasteiger partial charge is 0.489 e. The van der Waals surface area contributed by atoms with Crippen molar-refractivity contribution >= 4 is 17.6 Å². The van der Waals surface area contributed by atoms with Crippen molar-refractivity contribution in [3.8, 4) is 5.75 Å². The van der Waals surface area contributed by atoms with Gasteiger partial charge in [-0.3, -0.25) is 9.59 Å². The van der Waals surface area contributed by atoms with E-state index in [0.29, 0.717) is 23.5 Å². The van der Waals surface area contributed by atoms with Crippen molar-refractivity contribution in [1.29, 1.82) is 0 Å². The van der Waals surface area contributed by atoms with Crippen LogP contribution in [0.5, 0.6) is 5.75 Å².